The number of rotatable bonds is 3. The summed E-state index contributed by atoms with van der Waals surface area (Å²) in [6.45, 7) is 0.840. The molecule has 1 saturated heterocycles. The maximum absolute atomic E-state index is 11.8. The molecule has 1 saturated carbocycles. The number of nitrogens with one attached hydrogen (secondary N) is 1. The lowest BCUT2D eigenvalue weighted by atomic mass is 9.85. The minimum atomic E-state index is 0.131. The Morgan fingerprint density at radius 3 is 2.89 bits per heavy atom. The molecule has 0 unspecified atom stereocenters. The van der Waals surface area contributed by atoms with Gasteiger partial charge < -0.3 is 10.1 Å². The van der Waals surface area contributed by atoms with Gasteiger partial charge in [-0.05, 0) is 32.1 Å². The predicted molar refractivity (Wildman–Crippen MR) is 70.6 cm³/mol. The molecule has 3 rings (SSSR count). The average Bonchev–Trinajstić information content (AvgIpc) is 2.76. The van der Waals surface area contributed by atoms with Gasteiger partial charge in [-0.2, -0.15) is 0 Å². The number of carbonyl (C=O) groups excluding carboxylic acids is 1. The smallest absolute Gasteiger partial charge is 0.229 e. The molecule has 0 aromatic carbocycles. The average molecular weight is 266 g/mol. The molecule has 98 valence electrons. The number of aromatic nitrogens is 1. The van der Waals surface area contributed by atoms with E-state index in [1.165, 1.54) is 12.8 Å². The normalized spacial score (nSPS) is 24.6. The molecule has 0 bridgehead atoms. The highest BCUT2D eigenvalue weighted by Crippen LogP contribution is 2.34. The Morgan fingerprint density at radius 2 is 2.22 bits per heavy atom. The van der Waals surface area contributed by atoms with E-state index < -0.39 is 0 Å². The van der Waals surface area contributed by atoms with Gasteiger partial charge in [-0.25, -0.2) is 4.98 Å². The van der Waals surface area contributed by atoms with Gasteiger partial charge in [0, 0.05) is 18.7 Å². The summed E-state index contributed by atoms with van der Waals surface area (Å²) in [7, 11) is 0. The lowest BCUT2D eigenvalue weighted by Crippen LogP contribution is -2.27. The molecule has 5 heteroatoms. The highest BCUT2D eigenvalue weighted by Gasteiger charge is 2.26. The third-order valence-electron chi connectivity index (χ3n) is 3.73. The van der Waals surface area contributed by atoms with E-state index in [-0.39, 0.29) is 17.9 Å². The van der Waals surface area contributed by atoms with Gasteiger partial charge in [-0.3, -0.25) is 4.79 Å². The first kappa shape index (κ1) is 12.1. The van der Waals surface area contributed by atoms with Crippen LogP contribution in [-0.2, 0) is 9.53 Å². The highest BCUT2D eigenvalue weighted by molar-refractivity contribution is 7.15. The fourth-order valence-corrected chi connectivity index (χ4v) is 3.24. The standard InChI is InChI=1S/C13H18N2O2S/c16-12(9-4-3-5-9)15-13-14-8-11(18-13)10-6-1-2-7-17-10/h8-10H,1-7H2,(H,14,15,16)/t10-/m0/s1. The monoisotopic (exact) mass is 266 g/mol. The number of carbonyl (C=O) groups is 1. The van der Waals surface area contributed by atoms with Crippen LogP contribution in [0.1, 0.15) is 49.5 Å². The second-order valence-corrected chi connectivity index (χ2v) is 6.10. The molecule has 2 fully saturated rings. The van der Waals surface area contributed by atoms with Gasteiger partial charge in [-0.1, -0.05) is 17.8 Å². The van der Waals surface area contributed by atoms with Crippen LogP contribution < -0.4 is 5.32 Å². The van der Waals surface area contributed by atoms with Crippen molar-refractivity contribution in [2.24, 2.45) is 5.92 Å². The fraction of sp³-hybridized carbons (Fsp3) is 0.692. The maximum Gasteiger partial charge on any atom is 0.229 e. The van der Waals surface area contributed by atoms with Crippen molar-refractivity contribution in [3.63, 3.8) is 0 Å². The van der Waals surface area contributed by atoms with Crippen LogP contribution in [0.2, 0.25) is 0 Å². The van der Waals surface area contributed by atoms with Crippen LogP contribution in [0, 0.1) is 5.92 Å². The summed E-state index contributed by atoms with van der Waals surface area (Å²) < 4.78 is 5.72. The highest BCUT2D eigenvalue weighted by atomic mass is 32.1. The van der Waals surface area contributed by atoms with E-state index in [1.807, 2.05) is 6.20 Å². The first-order valence-electron chi connectivity index (χ1n) is 6.71. The molecule has 1 atom stereocenters. The molecule has 1 N–H and O–H groups in total. The van der Waals surface area contributed by atoms with Crippen LogP contribution in [0.5, 0.6) is 0 Å². The first-order chi connectivity index (χ1) is 8.83. The van der Waals surface area contributed by atoms with Crippen molar-refractivity contribution < 1.29 is 9.53 Å². The summed E-state index contributed by atoms with van der Waals surface area (Å²) in [5.74, 6) is 0.343. The summed E-state index contributed by atoms with van der Waals surface area (Å²) in [4.78, 5) is 17.2. The Bertz CT molecular complexity index is 422. The predicted octanol–water partition coefficient (Wildman–Crippen LogP) is 3.12. The van der Waals surface area contributed by atoms with Gasteiger partial charge in [0.15, 0.2) is 5.13 Å². The lowest BCUT2D eigenvalue weighted by Gasteiger charge is -2.23. The molecule has 0 radical (unpaired) electrons. The summed E-state index contributed by atoms with van der Waals surface area (Å²) in [6, 6.07) is 0. The van der Waals surface area contributed by atoms with Crippen LogP contribution in [0.15, 0.2) is 6.20 Å². The zero-order valence-electron chi connectivity index (χ0n) is 10.4. The Kier molecular flexibility index (Phi) is 3.61. The van der Waals surface area contributed by atoms with E-state index in [0.717, 1.165) is 42.3 Å². The van der Waals surface area contributed by atoms with Crippen LogP contribution in [0.4, 0.5) is 5.13 Å². The second-order valence-electron chi connectivity index (χ2n) is 5.04. The molecule has 0 spiro atoms. The maximum atomic E-state index is 11.8. The molecule has 1 aromatic rings. The Labute approximate surface area is 111 Å². The Balaban J connectivity index is 1.60. The summed E-state index contributed by atoms with van der Waals surface area (Å²) >= 11 is 1.55. The fourth-order valence-electron chi connectivity index (χ4n) is 2.34. The van der Waals surface area contributed by atoms with Crippen molar-refractivity contribution in [3.8, 4) is 0 Å². The molecule has 4 nitrogen and oxygen atoms in total. The Hall–Kier alpha value is -0.940. The minimum absolute atomic E-state index is 0.131. The van der Waals surface area contributed by atoms with Crippen LogP contribution in [0.25, 0.3) is 0 Å². The van der Waals surface area contributed by atoms with Crippen LogP contribution in [-0.4, -0.2) is 17.5 Å². The third-order valence-corrected chi connectivity index (χ3v) is 4.73. The zero-order chi connectivity index (χ0) is 12.4. The molecule has 2 aliphatic rings. The molecule has 1 aliphatic heterocycles. The number of thiazole rings is 1. The number of hydrogen-bond donors (Lipinski definition) is 1. The van der Waals surface area contributed by atoms with E-state index in [2.05, 4.69) is 10.3 Å². The summed E-state index contributed by atoms with van der Waals surface area (Å²) in [5.41, 5.74) is 0. The van der Waals surface area contributed by atoms with Gasteiger partial charge in [0.05, 0.1) is 11.0 Å². The molecule has 1 aliphatic carbocycles. The Morgan fingerprint density at radius 1 is 1.33 bits per heavy atom. The van der Waals surface area contributed by atoms with Crippen LogP contribution in [0.3, 0.4) is 0 Å². The lowest BCUT2D eigenvalue weighted by molar-refractivity contribution is -0.122. The molecule has 1 amide bonds. The van der Waals surface area contributed by atoms with Gasteiger partial charge in [0.1, 0.15) is 0 Å². The van der Waals surface area contributed by atoms with E-state index >= 15 is 0 Å². The van der Waals surface area contributed by atoms with E-state index in [4.69, 9.17) is 4.74 Å². The van der Waals surface area contributed by atoms with Crippen molar-refractivity contribution in [3.05, 3.63) is 11.1 Å². The first-order valence-corrected chi connectivity index (χ1v) is 7.53. The third kappa shape index (κ3) is 2.57. The molecule has 1 aromatic heterocycles. The molecule has 2 heterocycles. The summed E-state index contributed by atoms with van der Waals surface area (Å²) in [6.07, 6.45) is 8.69. The second kappa shape index (κ2) is 5.36. The zero-order valence-corrected chi connectivity index (χ0v) is 11.2. The quantitative estimate of drug-likeness (QED) is 0.914. The van der Waals surface area contributed by atoms with Crippen molar-refractivity contribution in [2.75, 3.05) is 11.9 Å². The number of anilines is 1. The molecular weight excluding hydrogens is 248 g/mol. The summed E-state index contributed by atoms with van der Waals surface area (Å²) in [5, 5.41) is 3.63. The van der Waals surface area contributed by atoms with Crippen LogP contribution >= 0.6 is 11.3 Å². The molecule has 18 heavy (non-hydrogen) atoms. The van der Waals surface area contributed by atoms with Crippen molar-refractivity contribution >= 4 is 22.4 Å². The number of amides is 1. The van der Waals surface area contributed by atoms with Crippen molar-refractivity contribution in [1.82, 2.24) is 4.98 Å². The topological polar surface area (TPSA) is 51.2 Å². The molecular formula is C13H18N2O2S. The van der Waals surface area contributed by atoms with E-state index in [1.54, 1.807) is 11.3 Å². The number of ether oxygens (including phenoxy) is 1. The van der Waals surface area contributed by atoms with Gasteiger partial charge in [0.25, 0.3) is 0 Å². The van der Waals surface area contributed by atoms with Gasteiger partial charge in [0.2, 0.25) is 5.91 Å². The number of hydrogen-bond acceptors (Lipinski definition) is 4. The van der Waals surface area contributed by atoms with Gasteiger partial charge in [-0.15, -0.1) is 0 Å². The van der Waals surface area contributed by atoms with E-state index in [0.29, 0.717) is 0 Å². The largest absolute Gasteiger partial charge is 0.373 e. The van der Waals surface area contributed by atoms with Gasteiger partial charge >= 0.3 is 0 Å². The van der Waals surface area contributed by atoms with Crippen molar-refractivity contribution in [2.45, 2.75) is 44.6 Å². The number of nitrogens with zero attached hydrogens (tertiary/aromatic N) is 1. The van der Waals surface area contributed by atoms with Crippen molar-refractivity contribution in [1.29, 1.82) is 0 Å². The van der Waals surface area contributed by atoms with E-state index in [9.17, 15) is 4.79 Å². The SMILES string of the molecule is O=C(Nc1ncc([C@@H]2CCCCO2)s1)C1CCC1. The minimum Gasteiger partial charge on any atom is -0.373 e.